The Morgan fingerprint density at radius 3 is 1.23 bits per heavy atom. The Hall–Kier alpha value is -2.24. The lowest BCUT2D eigenvalue weighted by molar-refractivity contribution is 0.0126. The predicted octanol–water partition coefficient (Wildman–Crippen LogP) is 3.26. The van der Waals surface area contributed by atoms with Crippen LogP contribution in [0.1, 0.15) is 77.1 Å². The molecule has 0 bridgehead atoms. The summed E-state index contributed by atoms with van der Waals surface area (Å²) >= 11 is 0. The highest BCUT2D eigenvalue weighted by Crippen LogP contribution is 2.01. The second-order valence-electron chi connectivity index (χ2n) is 16.0. The molecule has 0 aliphatic heterocycles. The Morgan fingerprint density at radius 1 is 0.422 bits per heavy atom. The number of nitrogens with one attached hydrogen (secondary N) is 1. The van der Waals surface area contributed by atoms with Gasteiger partial charge in [-0.05, 0) is 53.0 Å². The maximum atomic E-state index is 5.90. The summed E-state index contributed by atoms with van der Waals surface area (Å²) in [5.41, 5.74) is 1.56. The minimum Gasteiger partial charge on any atom is -0.379 e. The fraction of sp³-hybridized carbons (Fsp3) is 0.911. The Labute approximate surface area is 386 Å². The molecule has 1 N–H and O–H groups in total. The average molecular weight is 915 g/mol. The molecule has 2 aromatic rings. The van der Waals surface area contributed by atoms with Crippen LogP contribution in [0, 0.1) is 0 Å². The maximum Gasteiger partial charge on any atom is 0.108 e. The summed E-state index contributed by atoms with van der Waals surface area (Å²) in [6.45, 7) is 26.3. The SMILES string of the molecule is CCCCCN(C)CCOCCOCCn1cc(COCCOCCN(CCOCCNCCC)CCOCCOCc2cn(CCOCCOCCN(C)CCCCC)nn2)nn1. The third kappa shape index (κ3) is 35.0. The van der Waals surface area contributed by atoms with E-state index in [2.05, 4.69) is 75.5 Å². The standard InChI is InChI=1S/C45H90N10O9/c1-6-9-11-15-51(4)17-25-57-32-34-61-30-22-54-40-44(47-49-54)42-63-38-36-59-28-20-53(19-27-56-24-14-46-13-8-3)21-29-60-37-39-64-43-45-41-55(50-48-45)23-31-62-35-33-58-26-18-52(5)16-12-10-7-2/h40-41,46H,6-39,42-43H2,1-5H3. The Balaban J connectivity index is 1.49. The van der Waals surface area contributed by atoms with E-state index in [9.17, 15) is 0 Å². The van der Waals surface area contributed by atoms with E-state index in [0.717, 1.165) is 89.9 Å². The second-order valence-corrected chi connectivity index (χ2v) is 16.0. The first kappa shape index (κ1) is 57.9. The largest absolute Gasteiger partial charge is 0.379 e. The molecule has 19 heteroatoms. The van der Waals surface area contributed by atoms with Gasteiger partial charge in [-0.25, -0.2) is 9.36 Å². The van der Waals surface area contributed by atoms with E-state index < -0.39 is 0 Å². The van der Waals surface area contributed by atoms with Crippen LogP contribution in [0.15, 0.2) is 12.4 Å². The van der Waals surface area contributed by atoms with Gasteiger partial charge in [0.15, 0.2) is 0 Å². The number of hydrogen-bond donors (Lipinski definition) is 1. The summed E-state index contributed by atoms with van der Waals surface area (Å²) in [5.74, 6) is 0. The van der Waals surface area contributed by atoms with Gasteiger partial charge in [0.25, 0.3) is 0 Å². The predicted molar refractivity (Wildman–Crippen MR) is 249 cm³/mol. The van der Waals surface area contributed by atoms with Gasteiger partial charge in [-0.2, -0.15) is 0 Å². The van der Waals surface area contributed by atoms with Crippen LogP contribution in [-0.4, -0.2) is 223 Å². The quantitative estimate of drug-likeness (QED) is 0.0961. The first-order valence-corrected chi connectivity index (χ1v) is 24.3. The highest BCUT2D eigenvalue weighted by molar-refractivity contribution is 4.90. The highest BCUT2D eigenvalue weighted by Gasteiger charge is 2.08. The van der Waals surface area contributed by atoms with Crippen molar-refractivity contribution >= 4 is 0 Å². The molecule has 0 atom stereocenters. The maximum absolute atomic E-state index is 5.90. The van der Waals surface area contributed by atoms with Crippen LogP contribution < -0.4 is 5.32 Å². The van der Waals surface area contributed by atoms with E-state index in [1.165, 1.54) is 38.5 Å². The fourth-order valence-electron chi connectivity index (χ4n) is 6.17. The molecule has 0 fully saturated rings. The van der Waals surface area contributed by atoms with Gasteiger partial charge in [-0.3, -0.25) is 4.90 Å². The molecule has 0 saturated carbocycles. The number of rotatable bonds is 50. The third-order valence-electron chi connectivity index (χ3n) is 10.1. The average Bonchev–Trinajstić information content (AvgIpc) is 3.96. The van der Waals surface area contributed by atoms with E-state index in [4.69, 9.17) is 42.6 Å². The monoisotopic (exact) mass is 915 g/mol. The zero-order chi connectivity index (χ0) is 45.8. The van der Waals surface area contributed by atoms with Crippen LogP contribution in [0.3, 0.4) is 0 Å². The van der Waals surface area contributed by atoms with E-state index in [1.54, 1.807) is 9.36 Å². The molecule has 0 saturated heterocycles. The lowest BCUT2D eigenvalue weighted by Crippen LogP contribution is -2.35. The molecule has 0 aromatic carbocycles. The summed E-state index contributed by atoms with van der Waals surface area (Å²) in [6, 6.07) is 0. The van der Waals surface area contributed by atoms with Crippen LogP contribution in [-0.2, 0) is 68.9 Å². The third-order valence-corrected chi connectivity index (χ3v) is 10.1. The zero-order valence-electron chi connectivity index (χ0n) is 40.8. The smallest absolute Gasteiger partial charge is 0.108 e. The van der Waals surface area contributed by atoms with Crippen molar-refractivity contribution in [2.45, 2.75) is 92.0 Å². The fourth-order valence-corrected chi connectivity index (χ4v) is 6.17. The van der Waals surface area contributed by atoms with Gasteiger partial charge >= 0.3 is 0 Å². The molecule has 0 aliphatic rings. The molecule has 0 amide bonds. The molecule has 0 spiro atoms. The van der Waals surface area contributed by atoms with Gasteiger partial charge in [0.05, 0.1) is 144 Å². The molecule has 0 aliphatic carbocycles. The van der Waals surface area contributed by atoms with E-state index in [1.807, 2.05) is 12.4 Å². The number of hydrogen-bond acceptors (Lipinski definition) is 17. The van der Waals surface area contributed by atoms with Crippen molar-refractivity contribution in [3.05, 3.63) is 23.8 Å². The number of unbranched alkanes of at least 4 members (excludes halogenated alkanes) is 4. The first-order valence-electron chi connectivity index (χ1n) is 24.3. The van der Waals surface area contributed by atoms with Crippen molar-refractivity contribution in [3.63, 3.8) is 0 Å². The molecule has 2 aromatic heterocycles. The van der Waals surface area contributed by atoms with Crippen LogP contribution in [0.4, 0.5) is 0 Å². The highest BCUT2D eigenvalue weighted by atomic mass is 16.5. The minimum atomic E-state index is 0.382. The number of nitrogens with zero attached hydrogens (tertiary/aromatic N) is 9. The van der Waals surface area contributed by atoms with Crippen molar-refractivity contribution in [1.29, 1.82) is 0 Å². The second kappa shape index (κ2) is 43.3. The number of likely N-dealkylation sites (N-methyl/N-ethyl adjacent to an activating group) is 2. The van der Waals surface area contributed by atoms with E-state index in [-0.39, 0.29) is 0 Å². The molecule has 19 nitrogen and oxygen atoms in total. The van der Waals surface area contributed by atoms with Crippen LogP contribution in [0.2, 0.25) is 0 Å². The summed E-state index contributed by atoms with van der Waals surface area (Å²) in [7, 11) is 4.29. The lowest BCUT2D eigenvalue weighted by Gasteiger charge is -2.22. The van der Waals surface area contributed by atoms with Crippen LogP contribution in [0.5, 0.6) is 0 Å². The van der Waals surface area contributed by atoms with Gasteiger partial charge in [-0.15, -0.1) is 10.2 Å². The van der Waals surface area contributed by atoms with Crippen molar-refractivity contribution in [2.24, 2.45) is 0 Å². The summed E-state index contributed by atoms with van der Waals surface area (Å²) < 4.78 is 55.6. The van der Waals surface area contributed by atoms with Crippen molar-refractivity contribution < 1.29 is 42.6 Å². The minimum absolute atomic E-state index is 0.382. The van der Waals surface area contributed by atoms with Crippen LogP contribution in [0.25, 0.3) is 0 Å². The van der Waals surface area contributed by atoms with Gasteiger partial charge in [0.1, 0.15) is 11.4 Å². The van der Waals surface area contributed by atoms with Gasteiger partial charge in [-0.1, -0.05) is 56.9 Å². The summed E-state index contributed by atoms with van der Waals surface area (Å²) in [5, 5.41) is 20.2. The molecular formula is C45H90N10O9. The summed E-state index contributed by atoms with van der Waals surface area (Å²) in [6.07, 6.45) is 12.4. The van der Waals surface area contributed by atoms with Gasteiger partial charge < -0.3 is 57.7 Å². The van der Waals surface area contributed by atoms with Crippen molar-refractivity contribution in [3.8, 4) is 0 Å². The Morgan fingerprint density at radius 2 is 0.812 bits per heavy atom. The van der Waals surface area contributed by atoms with Crippen molar-refractivity contribution in [2.75, 3.05) is 179 Å². The Bertz CT molecular complexity index is 1180. The summed E-state index contributed by atoms with van der Waals surface area (Å²) in [4.78, 5) is 6.94. The zero-order valence-corrected chi connectivity index (χ0v) is 40.8. The van der Waals surface area contributed by atoms with E-state index in [0.29, 0.717) is 119 Å². The van der Waals surface area contributed by atoms with E-state index >= 15 is 0 Å². The molecule has 64 heavy (non-hydrogen) atoms. The number of aromatic nitrogens is 6. The normalized spacial score (nSPS) is 12.0. The first-order chi connectivity index (χ1) is 31.5. The molecule has 374 valence electrons. The molecule has 2 heterocycles. The molecule has 0 unspecified atom stereocenters. The number of ether oxygens (including phenoxy) is 9. The molecular weight excluding hydrogens is 825 g/mol. The van der Waals surface area contributed by atoms with Gasteiger partial charge in [0, 0.05) is 39.3 Å². The Kier molecular flexibility index (Phi) is 39.2. The topological polar surface area (TPSA) is 166 Å². The molecule has 2 rings (SSSR count). The van der Waals surface area contributed by atoms with Gasteiger partial charge in [0.2, 0.25) is 0 Å². The van der Waals surface area contributed by atoms with Crippen LogP contribution >= 0.6 is 0 Å². The van der Waals surface area contributed by atoms with Crippen molar-refractivity contribution in [1.82, 2.24) is 50.0 Å². The lowest BCUT2D eigenvalue weighted by atomic mass is 10.2. The molecule has 0 radical (unpaired) electrons.